The van der Waals surface area contributed by atoms with E-state index >= 15 is 0 Å². The Kier molecular flexibility index (Phi) is 11.0. The van der Waals surface area contributed by atoms with Crippen LogP contribution < -0.4 is 14.4 Å². The topological polar surface area (TPSA) is 119 Å². The number of benzene rings is 2. The minimum absolute atomic E-state index is 0.115. The summed E-state index contributed by atoms with van der Waals surface area (Å²) in [6.07, 6.45) is 4.82. The number of carbonyl (C=O) groups excluding carboxylic acids is 2. The van der Waals surface area contributed by atoms with Crippen LogP contribution in [0, 0.1) is 13.8 Å². The van der Waals surface area contributed by atoms with E-state index in [1.807, 2.05) is 42.6 Å². The third kappa shape index (κ3) is 7.07. The average molecular weight is 753 g/mol. The van der Waals surface area contributed by atoms with Gasteiger partial charge in [0.1, 0.15) is 11.3 Å². The van der Waals surface area contributed by atoms with Crippen LogP contribution in [0.5, 0.6) is 11.5 Å². The van der Waals surface area contributed by atoms with Gasteiger partial charge in [-0.3, -0.25) is 14.5 Å². The molecule has 260 valence electrons. The highest BCUT2D eigenvalue weighted by Gasteiger charge is 2.49. The third-order valence-corrected chi connectivity index (χ3v) is 11.0. The van der Waals surface area contributed by atoms with Crippen molar-refractivity contribution in [1.29, 1.82) is 0 Å². The van der Waals surface area contributed by atoms with E-state index in [9.17, 15) is 14.7 Å². The predicted octanol–water partition coefficient (Wildman–Crippen LogP) is 9.00. The van der Waals surface area contributed by atoms with Gasteiger partial charge in [-0.25, -0.2) is 4.98 Å². The lowest BCUT2D eigenvalue weighted by Gasteiger charge is -2.23. The quantitative estimate of drug-likeness (QED) is 0.0314. The molecule has 1 saturated heterocycles. The standard InChI is InChI=1S/C36H35Cl2N5O5S2/c1-5-7-8-16-48-26-14-12-22(17-27(26)47-6-2)30-28(31(44)29-21(4)42-15-9-10-20(3)33(42)39-29)32(45)34(46)43(30)35-40-41-36(50-35)49-19-23-11-13-24(37)18-25(23)38/h9-15,17-18,30,44H,5-8,16,19H2,1-4H3. The molecule has 1 amide bonds. The summed E-state index contributed by atoms with van der Waals surface area (Å²) >= 11 is 15.0. The highest BCUT2D eigenvalue weighted by molar-refractivity contribution is 8.00. The summed E-state index contributed by atoms with van der Waals surface area (Å²) < 4.78 is 14.4. The Morgan fingerprint density at radius 3 is 2.58 bits per heavy atom. The van der Waals surface area contributed by atoms with Gasteiger partial charge in [0.25, 0.3) is 5.78 Å². The second-order valence-electron chi connectivity index (χ2n) is 11.7. The van der Waals surface area contributed by atoms with Crippen molar-refractivity contribution in [3.8, 4) is 11.5 Å². The molecule has 0 radical (unpaired) electrons. The van der Waals surface area contributed by atoms with Crippen molar-refractivity contribution < 1.29 is 24.2 Å². The number of ketones is 1. The molecule has 6 rings (SSSR count). The molecule has 10 nitrogen and oxygen atoms in total. The van der Waals surface area contributed by atoms with Crippen molar-refractivity contribution in [2.75, 3.05) is 18.1 Å². The Labute approximate surface area is 308 Å². The van der Waals surface area contributed by atoms with Gasteiger partial charge in [0, 0.05) is 22.0 Å². The Morgan fingerprint density at radius 2 is 1.84 bits per heavy atom. The Balaban J connectivity index is 1.44. The zero-order valence-corrected chi connectivity index (χ0v) is 31.0. The fourth-order valence-corrected chi connectivity index (χ4v) is 8.20. The molecule has 3 aromatic heterocycles. The van der Waals surface area contributed by atoms with Crippen LogP contribution in [-0.4, -0.2) is 49.6 Å². The number of aryl methyl sites for hydroxylation is 2. The fraction of sp³-hybridized carbons (Fsp3) is 0.306. The van der Waals surface area contributed by atoms with E-state index < -0.39 is 17.7 Å². The van der Waals surface area contributed by atoms with E-state index in [1.165, 1.54) is 16.7 Å². The Morgan fingerprint density at radius 1 is 1.02 bits per heavy atom. The molecule has 1 N–H and O–H groups in total. The predicted molar refractivity (Wildman–Crippen MR) is 198 cm³/mol. The number of rotatable bonds is 13. The van der Waals surface area contributed by atoms with Crippen molar-refractivity contribution in [3.05, 3.63) is 98.4 Å². The second kappa shape index (κ2) is 15.4. The first-order chi connectivity index (χ1) is 24.1. The molecule has 0 spiro atoms. The lowest BCUT2D eigenvalue weighted by molar-refractivity contribution is -0.132. The van der Waals surface area contributed by atoms with Crippen molar-refractivity contribution >= 4 is 74.5 Å². The minimum atomic E-state index is -1.06. The van der Waals surface area contributed by atoms with Gasteiger partial charge in [0.2, 0.25) is 5.13 Å². The highest BCUT2D eigenvalue weighted by atomic mass is 35.5. The van der Waals surface area contributed by atoms with Crippen LogP contribution in [0.3, 0.4) is 0 Å². The first-order valence-corrected chi connectivity index (χ1v) is 18.7. The smallest absolute Gasteiger partial charge is 0.301 e. The zero-order chi connectivity index (χ0) is 35.5. The number of anilines is 1. The number of aromatic nitrogens is 4. The maximum Gasteiger partial charge on any atom is 0.301 e. The molecule has 1 unspecified atom stereocenters. The number of hydrogen-bond donors (Lipinski definition) is 1. The van der Waals surface area contributed by atoms with Crippen LogP contribution in [0.2, 0.25) is 10.0 Å². The number of carbonyl (C=O) groups is 2. The van der Waals surface area contributed by atoms with Crippen molar-refractivity contribution in [2.45, 2.75) is 63.1 Å². The summed E-state index contributed by atoms with van der Waals surface area (Å²) in [6.45, 7) is 8.59. The molecular formula is C36H35Cl2N5O5S2. The van der Waals surface area contributed by atoms with Gasteiger partial charge in [-0.1, -0.05) is 84.3 Å². The van der Waals surface area contributed by atoms with Crippen LogP contribution in [-0.2, 0) is 15.3 Å². The van der Waals surface area contributed by atoms with Gasteiger partial charge >= 0.3 is 5.91 Å². The van der Waals surface area contributed by atoms with Gasteiger partial charge in [-0.05, 0) is 74.2 Å². The zero-order valence-electron chi connectivity index (χ0n) is 27.9. The molecule has 14 heteroatoms. The molecule has 1 atom stereocenters. The number of aliphatic hydroxyl groups excluding tert-OH is 1. The summed E-state index contributed by atoms with van der Waals surface area (Å²) in [7, 11) is 0. The van der Waals surface area contributed by atoms with Crippen LogP contribution in [0.4, 0.5) is 5.13 Å². The molecule has 0 saturated carbocycles. The van der Waals surface area contributed by atoms with Gasteiger partial charge in [0.15, 0.2) is 21.6 Å². The average Bonchev–Trinajstić information content (AvgIpc) is 3.78. The lowest BCUT2D eigenvalue weighted by atomic mass is 9.96. The van der Waals surface area contributed by atoms with E-state index in [0.717, 1.165) is 41.7 Å². The summed E-state index contributed by atoms with van der Waals surface area (Å²) in [5, 5.41) is 21.8. The molecule has 50 heavy (non-hydrogen) atoms. The van der Waals surface area contributed by atoms with Crippen molar-refractivity contribution in [3.63, 3.8) is 0 Å². The molecule has 5 aromatic rings. The van der Waals surface area contributed by atoms with E-state index in [2.05, 4.69) is 17.1 Å². The number of amides is 1. The van der Waals surface area contributed by atoms with Gasteiger partial charge in [-0.2, -0.15) is 0 Å². The third-order valence-electron chi connectivity index (χ3n) is 8.31. The maximum absolute atomic E-state index is 14.0. The lowest BCUT2D eigenvalue weighted by Crippen LogP contribution is -2.29. The van der Waals surface area contributed by atoms with Crippen LogP contribution in [0.15, 0.2) is 64.6 Å². The number of Topliss-reactive ketones (excluding diaryl/α,β-unsaturated/α-hetero) is 1. The van der Waals surface area contributed by atoms with Crippen LogP contribution in [0.25, 0.3) is 11.4 Å². The number of ether oxygens (including phenoxy) is 2. The highest BCUT2D eigenvalue weighted by Crippen LogP contribution is 2.46. The van der Waals surface area contributed by atoms with Gasteiger partial charge < -0.3 is 19.0 Å². The number of fused-ring (bicyclic) bond motifs is 1. The van der Waals surface area contributed by atoms with E-state index in [0.29, 0.717) is 61.8 Å². The summed E-state index contributed by atoms with van der Waals surface area (Å²) in [4.78, 5) is 33.9. The Hall–Kier alpha value is -4.10. The number of thioether (sulfide) groups is 1. The summed E-state index contributed by atoms with van der Waals surface area (Å²) in [6, 6.07) is 13.3. The largest absolute Gasteiger partial charge is 0.505 e. The van der Waals surface area contributed by atoms with Crippen LogP contribution >= 0.6 is 46.3 Å². The Bertz CT molecular complexity index is 2110. The molecule has 0 aliphatic carbocycles. The second-order valence-corrected chi connectivity index (χ2v) is 14.7. The van der Waals surface area contributed by atoms with Crippen LogP contribution in [0.1, 0.15) is 67.2 Å². The van der Waals surface area contributed by atoms with E-state index in [1.54, 1.807) is 37.3 Å². The number of halogens is 2. The van der Waals surface area contributed by atoms with E-state index in [-0.39, 0.29) is 22.2 Å². The first-order valence-electron chi connectivity index (χ1n) is 16.2. The molecule has 1 aliphatic rings. The van der Waals surface area contributed by atoms with Crippen molar-refractivity contribution in [1.82, 2.24) is 19.6 Å². The maximum atomic E-state index is 14.0. The number of pyridine rings is 1. The number of nitrogens with zero attached hydrogens (tertiary/aromatic N) is 5. The summed E-state index contributed by atoms with van der Waals surface area (Å²) in [5.41, 5.74) is 3.61. The van der Waals surface area contributed by atoms with Gasteiger partial charge in [0.05, 0.1) is 30.5 Å². The van der Waals surface area contributed by atoms with Crippen molar-refractivity contribution in [2.24, 2.45) is 0 Å². The first kappa shape index (κ1) is 35.7. The molecular weight excluding hydrogens is 717 g/mol. The molecule has 1 fully saturated rings. The summed E-state index contributed by atoms with van der Waals surface area (Å²) in [5.74, 6) is -0.607. The monoisotopic (exact) mass is 751 g/mol. The molecule has 1 aliphatic heterocycles. The molecule has 4 heterocycles. The SMILES string of the molecule is CCCCCOc1ccc(C2C(=C(O)c3nc4c(C)cccn4c3C)C(=O)C(=O)N2c2nnc(SCc3ccc(Cl)cc3Cl)s2)cc1OCC. The van der Waals surface area contributed by atoms with Gasteiger partial charge in [-0.15, -0.1) is 10.2 Å². The minimum Gasteiger partial charge on any atom is -0.505 e. The molecule has 0 bridgehead atoms. The number of hydrogen-bond acceptors (Lipinski definition) is 10. The normalized spacial score (nSPS) is 15.7. The number of unbranched alkanes of at least 4 members (excludes halogenated alkanes) is 2. The van der Waals surface area contributed by atoms with E-state index in [4.69, 9.17) is 37.7 Å². The number of aliphatic hydroxyl groups is 1. The fourth-order valence-electron chi connectivity index (χ4n) is 5.77. The molecule has 2 aromatic carbocycles. The number of imidazole rings is 1.